The van der Waals surface area contributed by atoms with Crippen LogP contribution < -0.4 is 4.90 Å². The molecular formula is C18H18N2O. The highest BCUT2D eigenvalue weighted by atomic mass is 16.2. The lowest BCUT2D eigenvalue weighted by Gasteiger charge is -2.26. The minimum absolute atomic E-state index is 0.0803. The third-order valence-electron chi connectivity index (χ3n) is 3.69. The van der Waals surface area contributed by atoms with E-state index in [1.807, 2.05) is 47.4 Å². The number of aliphatic imine (C=N–C) groups is 1. The fourth-order valence-electron chi connectivity index (χ4n) is 2.70. The molecule has 1 aliphatic heterocycles. The van der Waals surface area contributed by atoms with Gasteiger partial charge < -0.3 is 4.90 Å². The van der Waals surface area contributed by atoms with E-state index < -0.39 is 0 Å². The zero-order chi connectivity index (χ0) is 14.7. The van der Waals surface area contributed by atoms with Crippen LogP contribution in [0.5, 0.6) is 0 Å². The Morgan fingerprint density at radius 3 is 2.52 bits per heavy atom. The first kappa shape index (κ1) is 13.6. The monoisotopic (exact) mass is 278 g/mol. The summed E-state index contributed by atoms with van der Waals surface area (Å²) in [5.74, 6) is 0.0803. The van der Waals surface area contributed by atoms with E-state index in [0.29, 0.717) is 0 Å². The molecular weight excluding hydrogens is 260 g/mol. The SMILES string of the molecule is CC(=O)N1CCCN=C(c2ccccc2)c2ccccc21. The lowest BCUT2D eigenvalue weighted by atomic mass is 9.99. The van der Waals surface area contributed by atoms with Crippen LogP contribution in [0.3, 0.4) is 0 Å². The van der Waals surface area contributed by atoms with E-state index in [4.69, 9.17) is 4.99 Å². The third-order valence-corrected chi connectivity index (χ3v) is 3.69. The predicted octanol–water partition coefficient (Wildman–Crippen LogP) is 3.28. The van der Waals surface area contributed by atoms with Crippen molar-refractivity contribution < 1.29 is 4.79 Å². The fourth-order valence-corrected chi connectivity index (χ4v) is 2.70. The first-order chi connectivity index (χ1) is 10.3. The molecule has 0 unspecified atom stereocenters. The number of hydrogen-bond donors (Lipinski definition) is 0. The molecule has 3 nitrogen and oxygen atoms in total. The number of fused-ring (bicyclic) bond motifs is 1. The summed E-state index contributed by atoms with van der Waals surface area (Å²) < 4.78 is 0. The highest BCUT2D eigenvalue weighted by molar-refractivity contribution is 6.17. The molecule has 0 atom stereocenters. The number of rotatable bonds is 1. The molecule has 0 bridgehead atoms. The maximum Gasteiger partial charge on any atom is 0.223 e. The van der Waals surface area contributed by atoms with Crippen molar-refractivity contribution in [2.45, 2.75) is 13.3 Å². The van der Waals surface area contributed by atoms with Gasteiger partial charge in [-0.1, -0.05) is 48.5 Å². The second kappa shape index (κ2) is 5.92. The number of nitrogens with zero attached hydrogens (tertiary/aromatic N) is 2. The smallest absolute Gasteiger partial charge is 0.223 e. The number of amides is 1. The van der Waals surface area contributed by atoms with E-state index in [2.05, 4.69) is 12.1 Å². The molecule has 0 aliphatic carbocycles. The molecule has 0 spiro atoms. The highest BCUT2D eigenvalue weighted by Gasteiger charge is 2.20. The van der Waals surface area contributed by atoms with E-state index in [9.17, 15) is 4.79 Å². The molecule has 3 heteroatoms. The molecule has 1 heterocycles. The Hall–Kier alpha value is -2.42. The Morgan fingerprint density at radius 1 is 1.05 bits per heavy atom. The van der Waals surface area contributed by atoms with E-state index >= 15 is 0 Å². The molecule has 1 amide bonds. The first-order valence-electron chi connectivity index (χ1n) is 7.25. The average molecular weight is 278 g/mol. The number of carbonyl (C=O) groups is 1. The van der Waals surface area contributed by atoms with Crippen molar-refractivity contribution in [3.8, 4) is 0 Å². The molecule has 0 saturated heterocycles. The number of anilines is 1. The van der Waals surface area contributed by atoms with Crippen LogP contribution >= 0.6 is 0 Å². The molecule has 3 rings (SSSR count). The van der Waals surface area contributed by atoms with Crippen molar-refractivity contribution in [1.29, 1.82) is 0 Å². The molecule has 2 aromatic rings. The van der Waals surface area contributed by atoms with Crippen molar-refractivity contribution >= 4 is 17.3 Å². The van der Waals surface area contributed by atoms with Crippen LogP contribution in [0.1, 0.15) is 24.5 Å². The lowest BCUT2D eigenvalue weighted by molar-refractivity contribution is -0.116. The van der Waals surface area contributed by atoms with Crippen LogP contribution in [0.25, 0.3) is 0 Å². The van der Waals surface area contributed by atoms with Gasteiger partial charge in [-0.3, -0.25) is 9.79 Å². The summed E-state index contributed by atoms with van der Waals surface area (Å²) in [5.41, 5.74) is 4.04. The summed E-state index contributed by atoms with van der Waals surface area (Å²) in [4.78, 5) is 18.6. The lowest BCUT2D eigenvalue weighted by Crippen LogP contribution is -2.32. The predicted molar refractivity (Wildman–Crippen MR) is 86.0 cm³/mol. The molecule has 0 radical (unpaired) electrons. The van der Waals surface area contributed by atoms with Gasteiger partial charge in [0.1, 0.15) is 0 Å². The van der Waals surface area contributed by atoms with Crippen molar-refractivity contribution in [3.05, 3.63) is 65.7 Å². The summed E-state index contributed by atoms with van der Waals surface area (Å²) in [7, 11) is 0. The number of benzene rings is 2. The largest absolute Gasteiger partial charge is 0.312 e. The van der Waals surface area contributed by atoms with Crippen molar-refractivity contribution in [3.63, 3.8) is 0 Å². The second-order valence-corrected chi connectivity index (χ2v) is 5.14. The van der Waals surface area contributed by atoms with E-state index in [0.717, 1.165) is 42.0 Å². The summed E-state index contributed by atoms with van der Waals surface area (Å²) in [6.45, 7) is 3.08. The topological polar surface area (TPSA) is 32.7 Å². The van der Waals surface area contributed by atoms with Gasteiger partial charge in [-0.05, 0) is 12.5 Å². The van der Waals surface area contributed by atoms with Gasteiger partial charge in [0.05, 0.1) is 11.4 Å². The summed E-state index contributed by atoms with van der Waals surface area (Å²) >= 11 is 0. The molecule has 0 fully saturated rings. The Labute approximate surface area is 124 Å². The standard InChI is InChI=1S/C18H18N2O/c1-14(21)20-13-7-12-19-18(15-8-3-2-4-9-15)16-10-5-6-11-17(16)20/h2-6,8-11H,7,12-13H2,1H3. The molecule has 106 valence electrons. The zero-order valence-corrected chi connectivity index (χ0v) is 12.1. The summed E-state index contributed by atoms with van der Waals surface area (Å²) in [5, 5.41) is 0. The van der Waals surface area contributed by atoms with Crippen molar-refractivity contribution in [2.24, 2.45) is 4.99 Å². The van der Waals surface area contributed by atoms with E-state index in [1.165, 1.54) is 0 Å². The maximum absolute atomic E-state index is 12.0. The van der Waals surface area contributed by atoms with Gasteiger partial charge >= 0.3 is 0 Å². The highest BCUT2D eigenvalue weighted by Crippen LogP contribution is 2.26. The molecule has 2 aromatic carbocycles. The van der Waals surface area contributed by atoms with Gasteiger partial charge in [0.25, 0.3) is 0 Å². The Morgan fingerprint density at radius 2 is 1.76 bits per heavy atom. The fraction of sp³-hybridized carbons (Fsp3) is 0.222. The van der Waals surface area contributed by atoms with E-state index in [1.54, 1.807) is 6.92 Å². The van der Waals surface area contributed by atoms with Crippen LogP contribution in [0.15, 0.2) is 59.6 Å². The Bertz CT molecular complexity index is 677. The van der Waals surface area contributed by atoms with Crippen molar-refractivity contribution in [2.75, 3.05) is 18.0 Å². The minimum Gasteiger partial charge on any atom is -0.312 e. The van der Waals surface area contributed by atoms with Crippen LogP contribution in [0.2, 0.25) is 0 Å². The summed E-state index contributed by atoms with van der Waals surface area (Å²) in [6, 6.07) is 18.2. The van der Waals surface area contributed by atoms with Gasteiger partial charge in [0.15, 0.2) is 0 Å². The van der Waals surface area contributed by atoms with Gasteiger partial charge in [-0.2, -0.15) is 0 Å². The third kappa shape index (κ3) is 2.72. The van der Waals surface area contributed by atoms with Crippen LogP contribution in [0.4, 0.5) is 5.69 Å². The maximum atomic E-state index is 12.0. The number of hydrogen-bond acceptors (Lipinski definition) is 2. The molecule has 0 N–H and O–H groups in total. The Balaban J connectivity index is 2.16. The molecule has 21 heavy (non-hydrogen) atoms. The van der Waals surface area contributed by atoms with E-state index in [-0.39, 0.29) is 5.91 Å². The van der Waals surface area contributed by atoms with Crippen LogP contribution in [-0.4, -0.2) is 24.7 Å². The van der Waals surface area contributed by atoms with Crippen LogP contribution in [-0.2, 0) is 4.79 Å². The van der Waals surface area contributed by atoms with Gasteiger partial charge in [0.2, 0.25) is 5.91 Å². The Kier molecular flexibility index (Phi) is 3.82. The quantitative estimate of drug-likeness (QED) is 0.788. The van der Waals surface area contributed by atoms with Crippen molar-refractivity contribution in [1.82, 2.24) is 0 Å². The number of para-hydroxylation sites is 1. The first-order valence-corrected chi connectivity index (χ1v) is 7.25. The second-order valence-electron chi connectivity index (χ2n) is 5.14. The van der Waals surface area contributed by atoms with Gasteiger partial charge in [-0.25, -0.2) is 0 Å². The zero-order valence-electron chi connectivity index (χ0n) is 12.1. The van der Waals surface area contributed by atoms with Crippen LogP contribution in [0, 0.1) is 0 Å². The number of carbonyl (C=O) groups excluding carboxylic acids is 1. The summed E-state index contributed by atoms with van der Waals surface area (Å²) in [6.07, 6.45) is 0.879. The molecule has 1 aliphatic rings. The van der Waals surface area contributed by atoms with Gasteiger partial charge in [0, 0.05) is 31.1 Å². The minimum atomic E-state index is 0.0803. The van der Waals surface area contributed by atoms with Gasteiger partial charge in [-0.15, -0.1) is 0 Å². The average Bonchev–Trinajstić information content (AvgIpc) is 2.49. The molecule has 0 saturated carbocycles. The molecule has 0 aromatic heterocycles. The normalized spacial score (nSPS) is 14.7.